The van der Waals surface area contributed by atoms with E-state index in [2.05, 4.69) is 52.0 Å². The molecule has 0 aromatic heterocycles. The number of hydrogen-bond acceptors (Lipinski definition) is 2. The van der Waals surface area contributed by atoms with Gasteiger partial charge in [-0.1, -0.05) is 39.3 Å². The molecule has 1 aliphatic carbocycles. The van der Waals surface area contributed by atoms with Gasteiger partial charge in [0.1, 0.15) is 5.75 Å². The zero-order valence-corrected chi connectivity index (χ0v) is 19.2. The van der Waals surface area contributed by atoms with Crippen LogP contribution in [0.1, 0.15) is 90.5 Å². The van der Waals surface area contributed by atoms with Crippen LogP contribution in [0.25, 0.3) is 12.2 Å². The van der Waals surface area contributed by atoms with Crippen LogP contribution in [0.5, 0.6) is 5.75 Å². The van der Waals surface area contributed by atoms with Crippen LogP contribution in [-0.2, 0) is 4.74 Å². The summed E-state index contributed by atoms with van der Waals surface area (Å²) in [5.41, 5.74) is 1.45. The fourth-order valence-electron chi connectivity index (χ4n) is 4.87. The predicted octanol–water partition coefficient (Wildman–Crippen LogP) is 5.80. The molecule has 2 fully saturated rings. The molecular formula is C27H42O2. The van der Waals surface area contributed by atoms with Crippen molar-refractivity contribution < 1.29 is 9.47 Å². The zero-order valence-electron chi connectivity index (χ0n) is 19.2. The van der Waals surface area contributed by atoms with Gasteiger partial charge >= 0.3 is 0 Å². The number of ether oxygens (including phenoxy) is 2. The Morgan fingerprint density at radius 3 is 2.55 bits per heavy atom. The first-order valence-electron chi connectivity index (χ1n) is 12.1. The Bertz CT molecular complexity index is 737. The molecule has 1 saturated carbocycles. The summed E-state index contributed by atoms with van der Waals surface area (Å²) < 4.78 is 12.0. The second-order valence-corrected chi connectivity index (χ2v) is 9.62. The molecule has 0 amide bonds. The molecule has 1 aliphatic heterocycles. The van der Waals surface area contributed by atoms with Gasteiger partial charge in [-0.15, -0.1) is 0 Å². The molecule has 29 heavy (non-hydrogen) atoms. The van der Waals surface area contributed by atoms with Crippen LogP contribution in [0.15, 0.2) is 12.1 Å². The summed E-state index contributed by atoms with van der Waals surface area (Å²) in [6, 6.07) is 4.72. The second-order valence-electron chi connectivity index (χ2n) is 9.62. The van der Waals surface area contributed by atoms with E-state index >= 15 is 0 Å². The Labute approximate surface area is 178 Å². The topological polar surface area (TPSA) is 18.5 Å². The molecule has 2 unspecified atom stereocenters. The van der Waals surface area contributed by atoms with E-state index < -0.39 is 0 Å². The zero-order chi connectivity index (χ0) is 20.6. The van der Waals surface area contributed by atoms with Crippen molar-refractivity contribution in [3.05, 3.63) is 28.1 Å². The molecule has 3 rings (SSSR count). The Kier molecular flexibility index (Phi) is 8.66. The van der Waals surface area contributed by atoms with Crippen LogP contribution in [-0.4, -0.2) is 19.8 Å². The second kappa shape index (κ2) is 11.2. The Morgan fingerprint density at radius 2 is 1.86 bits per heavy atom. The number of benzene rings is 1. The molecule has 0 spiro atoms. The number of hydrogen-bond donors (Lipinski definition) is 0. The van der Waals surface area contributed by atoms with Crippen LogP contribution in [0.3, 0.4) is 0 Å². The van der Waals surface area contributed by atoms with Gasteiger partial charge in [0.05, 0.1) is 6.61 Å². The maximum absolute atomic E-state index is 6.40. The Hall–Kier alpha value is -1.28. The lowest BCUT2D eigenvalue weighted by Gasteiger charge is -2.28. The SMILES string of the molecule is CC=c1cc(OCCCC(C)C2CCCOCC2)c(C2CCC2)cc1=CC(C)C. The summed E-state index contributed by atoms with van der Waals surface area (Å²) in [6.45, 7) is 11.8. The van der Waals surface area contributed by atoms with E-state index in [0.717, 1.165) is 43.8 Å². The van der Waals surface area contributed by atoms with E-state index in [1.165, 1.54) is 60.9 Å². The van der Waals surface area contributed by atoms with E-state index in [9.17, 15) is 0 Å². The van der Waals surface area contributed by atoms with E-state index in [1.54, 1.807) is 0 Å². The minimum atomic E-state index is 0.561. The van der Waals surface area contributed by atoms with Gasteiger partial charge in [-0.25, -0.2) is 0 Å². The summed E-state index contributed by atoms with van der Waals surface area (Å²) >= 11 is 0. The lowest BCUT2D eigenvalue weighted by atomic mass is 9.79. The quantitative estimate of drug-likeness (QED) is 0.515. The molecule has 1 aromatic rings. The smallest absolute Gasteiger partial charge is 0.123 e. The summed E-state index contributed by atoms with van der Waals surface area (Å²) in [6.07, 6.45) is 14.8. The van der Waals surface area contributed by atoms with Crippen LogP contribution >= 0.6 is 0 Å². The van der Waals surface area contributed by atoms with Crippen molar-refractivity contribution in [2.24, 2.45) is 17.8 Å². The van der Waals surface area contributed by atoms with E-state index in [0.29, 0.717) is 11.8 Å². The van der Waals surface area contributed by atoms with Gasteiger partial charge in [-0.3, -0.25) is 0 Å². The van der Waals surface area contributed by atoms with Gasteiger partial charge in [0.25, 0.3) is 0 Å². The molecule has 1 saturated heterocycles. The molecule has 1 aromatic carbocycles. The molecule has 2 aliphatic rings. The Morgan fingerprint density at radius 1 is 1.03 bits per heavy atom. The van der Waals surface area contributed by atoms with Crippen LogP contribution in [0, 0.1) is 17.8 Å². The van der Waals surface area contributed by atoms with Crippen LogP contribution in [0.2, 0.25) is 0 Å². The van der Waals surface area contributed by atoms with Gasteiger partial charge < -0.3 is 9.47 Å². The minimum absolute atomic E-state index is 0.561. The van der Waals surface area contributed by atoms with Crippen molar-refractivity contribution in [3.63, 3.8) is 0 Å². The highest BCUT2D eigenvalue weighted by Gasteiger charge is 2.23. The van der Waals surface area contributed by atoms with Gasteiger partial charge in [0.15, 0.2) is 0 Å². The van der Waals surface area contributed by atoms with Crippen molar-refractivity contribution in [1.82, 2.24) is 0 Å². The summed E-state index contributed by atoms with van der Waals surface area (Å²) in [4.78, 5) is 0. The average Bonchev–Trinajstić information content (AvgIpc) is 2.94. The van der Waals surface area contributed by atoms with Crippen molar-refractivity contribution in [1.29, 1.82) is 0 Å². The van der Waals surface area contributed by atoms with Gasteiger partial charge in [-0.05, 0) is 104 Å². The fraction of sp³-hybridized carbons (Fsp3) is 0.704. The average molecular weight is 399 g/mol. The monoisotopic (exact) mass is 398 g/mol. The molecular weight excluding hydrogens is 356 g/mol. The maximum Gasteiger partial charge on any atom is 0.123 e. The van der Waals surface area contributed by atoms with E-state index in [-0.39, 0.29) is 0 Å². The molecule has 2 heteroatoms. The fourth-order valence-corrected chi connectivity index (χ4v) is 4.87. The number of rotatable bonds is 8. The molecule has 0 bridgehead atoms. The first kappa shape index (κ1) is 22.4. The van der Waals surface area contributed by atoms with Crippen molar-refractivity contribution in [2.75, 3.05) is 19.8 Å². The third kappa shape index (κ3) is 6.35. The van der Waals surface area contributed by atoms with Crippen LogP contribution < -0.4 is 15.2 Å². The third-order valence-electron chi connectivity index (χ3n) is 6.95. The Balaban J connectivity index is 1.63. The van der Waals surface area contributed by atoms with E-state index in [1.807, 2.05) is 0 Å². The van der Waals surface area contributed by atoms with Crippen molar-refractivity contribution in [2.45, 2.75) is 85.0 Å². The van der Waals surface area contributed by atoms with Gasteiger partial charge in [-0.2, -0.15) is 0 Å². The first-order chi connectivity index (χ1) is 14.1. The highest BCUT2D eigenvalue weighted by molar-refractivity contribution is 5.44. The highest BCUT2D eigenvalue weighted by atomic mass is 16.5. The summed E-state index contributed by atoms with van der Waals surface area (Å²) in [5.74, 6) is 3.99. The van der Waals surface area contributed by atoms with E-state index in [4.69, 9.17) is 9.47 Å². The molecule has 0 N–H and O–H groups in total. The van der Waals surface area contributed by atoms with Crippen molar-refractivity contribution in [3.8, 4) is 5.75 Å². The molecule has 162 valence electrons. The standard InChI is InChI=1S/C27H42O2/c1-5-22-19-27(26(24-10-6-11-24)18-25(22)17-20(2)3)29-15-7-9-21(4)23-12-8-14-28-16-13-23/h5,17-21,23-24H,6-16H2,1-4H3. The lowest BCUT2D eigenvalue weighted by Crippen LogP contribution is -2.28. The van der Waals surface area contributed by atoms with Gasteiger partial charge in [0.2, 0.25) is 0 Å². The largest absolute Gasteiger partial charge is 0.493 e. The summed E-state index contributed by atoms with van der Waals surface area (Å²) in [7, 11) is 0. The minimum Gasteiger partial charge on any atom is -0.493 e. The lowest BCUT2D eigenvalue weighted by molar-refractivity contribution is 0.137. The molecule has 2 atom stereocenters. The third-order valence-corrected chi connectivity index (χ3v) is 6.95. The molecule has 2 nitrogen and oxygen atoms in total. The van der Waals surface area contributed by atoms with Crippen molar-refractivity contribution >= 4 is 12.2 Å². The highest BCUT2D eigenvalue weighted by Crippen LogP contribution is 2.40. The molecule has 0 radical (unpaired) electrons. The predicted molar refractivity (Wildman–Crippen MR) is 124 cm³/mol. The normalized spacial score (nSPS) is 23.1. The first-order valence-corrected chi connectivity index (χ1v) is 12.1. The summed E-state index contributed by atoms with van der Waals surface area (Å²) in [5, 5.41) is 2.68. The van der Waals surface area contributed by atoms with Gasteiger partial charge in [0, 0.05) is 13.2 Å². The molecule has 1 heterocycles. The van der Waals surface area contributed by atoms with Crippen LogP contribution in [0.4, 0.5) is 0 Å². The maximum atomic E-state index is 6.40.